The monoisotopic (exact) mass is 806 g/mol. The van der Waals surface area contributed by atoms with E-state index in [4.69, 9.17) is 0 Å². The van der Waals surface area contributed by atoms with Gasteiger partial charge in [-0.3, -0.25) is 0 Å². The van der Waals surface area contributed by atoms with Gasteiger partial charge in [0.05, 0.1) is 11.4 Å². The van der Waals surface area contributed by atoms with Crippen LogP contribution in [0.3, 0.4) is 0 Å². The summed E-state index contributed by atoms with van der Waals surface area (Å²) >= 11 is 0. The van der Waals surface area contributed by atoms with Gasteiger partial charge in [-0.05, 0) is 184 Å². The minimum Gasteiger partial charge on any atom is -0.311 e. The lowest BCUT2D eigenvalue weighted by Crippen LogP contribution is -2.61. The molecule has 0 amide bonds. The van der Waals surface area contributed by atoms with Gasteiger partial charge in [-0.1, -0.05) is 126 Å². The van der Waals surface area contributed by atoms with Gasteiger partial charge in [0.15, 0.2) is 0 Å². The highest BCUT2D eigenvalue weighted by Gasteiger charge is 2.45. The molecule has 2 aliphatic carbocycles. The second-order valence-electron chi connectivity index (χ2n) is 20.8. The fourth-order valence-corrected chi connectivity index (χ4v) is 11.2. The Morgan fingerprint density at radius 3 is 1.18 bits per heavy atom. The summed E-state index contributed by atoms with van der Waals surface area (Å²) < 4.78 is 0. The fraction of sp³-hybridized carbons (Fsp3) is 0.288. The smallest absolute Gasteiger partial charge is 0.252 e. The first-order chi connectivity index (χ1) is 29.9. The highest BCUT2D eigenvalue weighted by molar-refractivity contribution is 7.00. The molecule has 0 unspecified atom stereocenters. The molecular formula is C59H59BN2. The van der Waals surface area contributed by atoms with E-state index in [1.807, 2.05) is 0 Å². The van der Waals surface area contributed by atoms with E-state index >= 15 is 0 Å². The Labute approximate surface area is 370 Å². The summed E-state index contributed by atoms with van der Waals surface area (Å²) in [4.78, 5) is 5.37. The van der Waals surface area contributed by atoms with Crippen molar-refractivity contribution in [1.82, 2.24) is 0 Å². The minimum atomic E-state index is -0.0121. The number of aryl methyl sites for hydroxylation is 5. The lowest BCUT2D eigenvalue weighted by molar-refractivity contribution is 0.590. The zero-order valence-corrected chi connectivity index (χ0v) is 37.8. The topological polar surface area (TPSA) is 6.48 Å². The maximum Gasteiger partial charge on any atom is 0.252 e. The highest BCUT2D eigenvalue weighted by atomic mass is 15.2. The molecule has 0 bridgehead atoms. The van der Waals surface area contributed by atoms with E-state index in [1.54, 1.807) is 0 Å². The van der Waals surface area contributed by atoms with Gasteiger partial charge in [0, 0.05) is 33.9 Å². The van der Waals surface area contributed by atoms with Crippen molar-refractivity contribution in [3.05, 3.63) is 172 Å². The lowest BCUT2D eigenvalue weighted by Gasteiger charge is -2.46. The average molecular weight is 807 g/mol. The summed E-state index contributed by atoms with van der Waals surface area (Å²) in [6.45, 7) is 16.6. The Kier molecular flexibility index (Phi) is 9.24. The molecule has 0 fully saturated rings. The van der Waals surface area contributed by atoms with Crippen LogP contribution in [0.15, 0.2) is 133 Å². The van der Waals surface area contributed by atoms with Crippen LogP contribution >= 0.6 is 0 Å². The molecule has 0 spiro atoms. The fourth-order valence-electron chi connectivity index (χ4n) is 11.2. The molecule has 2 heterocycles. The van der Waals surface area contributed by atoms with Crippen LogP contribution in [0.2, 0.25) is 0 Å². The van der Waals surface area contributed by atoms with Crippen molar-refractivity contribution in [1.29, 1.82) is 0 Å². The first kappa shape index (κ1) is 39.1. The van der Waals surface area contributed by atoms with Crippen molar-refractivity contribution < 1.29 is 0 Å². The van der Waals surface area contributed by atoms with Crippen LogP contribution in [0.5, 0.6) is 0 Å². The van der Waals surface area contributed by atoms with Crippen molar-refractivity contribution in [3.8, 4) is 22.3 Å². The zero-order chi connectivity index (χ0) is 42.5. The van der Waals surface area contributed by atoms with Gasteiger partial charge in [0.2, 0.25) is 0 Å². The van der Waals surface area contributed by atoms with Crippen molar-refractivity contribution in [3.63, 3.8) is 0 Å². The van der Waals surface area contributed by atoms with Gasteiger partial charge >= 0.3 is 0 Å². The highest BCUT2D eigenvalue weighted by Crippen LogP contribution is 2.50. The second-order valence-corrected chi connectivity index (χ2v) is 20.8. The Bertz CT molecular complexity index is 2700. The largest absolute Gasteiger partial charge is 0.311 e. The van der Waals surface area contributed by atoms with Crippen LogP contribution in [-0.4, -0.2) is 6.71 Å². The van der Waals surface area contributed by atoms with Gasteiger partial charge < -0.3 is 9.80 Å². The molecule has 0 saturated carbocycles. The van der Waals surface area contributed by atoms with E-state index in [-0.39, 0.29) is 17.5 Å². The molecule has 4 aliphatic rings. The van der Waals surface area contributed by atoms with Crippen LogP contribution in [0, 0.1) is 6.92 Å². The summed E-state index contributed by atoms with van der Waals surface area (Å²) in [6, 6.07) is 52.5. The molecule has 7 aromatic carbocycles. The molecule has 2 aliphatic heterocycles. The average Bonchev–Trinajstić information content (AvgIpc) is 3.27. The summed E-state index contributed by atoms with van der Waals surface area (Å²) in [7, 11) is 0. The first-order valence-corrected chi connectivity index (χ1v) is 23.4. The van der Waals surface area contributed by atoms with E-state index in [0.29, 0.717) is 0 Å². The molecule has 0 radical (unpaired) electrons. The van der Waals surface area contributed by atoms with E-state index < -0.39 is 0 Å². The predicted molar refractivity (Wildman–Crippen MR) is 267 cm³/mol. The van der Waals surface area contributed by atoms with E-state index in [2.05, 4.69) is 192 Å². The maximum atomic E-state index is 2.68. The number of nitrogens with zero attached hydrogens (tertiary/aromatic N) is 2. The maximum absolute atomic E-state index is 2.68. The van der Waals surface area contributed by atoms with Crippen LogP contribution in [0.25, 0.3) is 22.3 Å². The predicted octanol–water partition coefficient (Wildman–Crippen LogP) is 13.8. The third-order valence-electron chi connectivity index (χ3n) is 14.5. The molecule has 0 N–H and O–H groups in total. The van der Waals surface area contributed by atoms with Crippen LogP contribution in [0.4, 0.5) is 34.1 Å². The van der Waals surface area contributed by atoms with Gasteiger partial charge in [-0.15, -0.1) is 0 Å². The molecule has 11 rings (SSSR count). The second kappa shape index (κ2) is 14.7. The summed E-state index contributed by atoms with van der Waals surface area (Å²) in [6.07, 6.45) is 9.57. The molecule has 0 atom stereocenters. The van der Waals surface area contributed by atoms with Crippen molar-refractivity contribution in [2.24, 2.45) is 0 Å². The van der Waals surface area contributed by atoms with Crippen molar-refractivity contribution in [2.75, 3.05) is 9.80 Å². The number of benzene rings is 7. The molecule has 0 saturated heterocycles. The van der Waals surface area contributed by atoms with E-state index in [9.17, 15) is 0 Å². The molecule has 3 heteroatoms. The first-order valence-electron chi connectivity index (χ1n) is 23.4. The SMILES string of the molecule is Cc1cc2c3c(c1)N(c1cc4c(cc1-c1ccccc1)CCCC4)c1ccc(C(C)(C)C)cc1B3c1cc(C(C)(C)C)ccc1N2c1cc2c(cc1-c1ccccc1)CCCC2. The van der Waals surface area contributed by atoms with E-state index in [0.717, 1.165) is 25.7 Å². The van der Waals surface area contributed by atoms with Gasteiger partial charge in [0.25, 0.3) is 6.71 Å². The van der Waals surface area contributed by atoms with Crippen molar-refractivity contribution >= 4 is 57.2 Å². The molecule has 0 aromatic heterocycles. The number of rotatable bonds is 4. The van der Waals surface area contributed by atoms with E-state index in [1.165, 1.54) is 137 Å². The summed E-state index contributed by atoms with van der Waals surface area (Å²) in [5.74, 6) is 0. The Hall–Kier alpha value is -5.80. The van der Waals surface area contributed by atoms with Gasteiger partial charge in [-0.25, -0.2) is 0 Å². The number of fused-ring (bicyclic) bond motifs is 6. The quantitative estimate of drug-likeness (QED) is 0.164. The third-order valence-corrected chi connectivity index (χ3v) is 14.5. The molecule has 2 nitrogen and oxygen atoms in total. The number of anilines is 6. The van der Waals surface area contributed by atoms with Gasteiger partial charge in [0.1, 0.15) is 0 Å². The van der Waals surface area contributed by atoms with Crippen molar-refractivity contribution in [2.45, 2.75) is 111 Å². The minimum absolute atomic E-state index is 0.0121. The lowest BCUT2D eigenvalue weighted by atomic mass is 9.33. The number of hydrogen-bond acceptors (Lipinski definition) is 2. The van der Waals surface area contributed by atoms with Crippen LogP contribution in [0.1, 0.15) is 106 Å². The van der Waals surface area contributed by atoms with Crippen LogP contribution in [-0.2, 0) is 36.5 Å². The third kappa shape index (κ3) is 6.45. The molecule has 308 valence electrons. The Morgan fingerprint density at radius 2 is 0.790 bits per heavy atom. The van der Waals surface area contributed by atoms with Crippen LogP contribution < -0.4 is 26.2 Å². The normalized spacial score (nSPS) is 15.4. The number of hydrogen-bond donors (Lipinski definition) is 0. The van der Waals surface area contributed by atoms with Gasteiger partial charge in [-0.2, -0.15) is 0 Å². The summed E-state index contributed by atoms with van der Waals surface area (Å²) in [5.41, 5.74) is 27.2. The Balaban J connectivity index is 1.27. The molecular weight excluding hydrogens is 747 g/mol. The molecule has 7 aromatic rings. The Morgan fingerprint density at radius 1 is 0.403 bits per heavy atom. The summed E-state index contributed by atoms with van der Waals surface area (Å²) in [5, 5.41) is 0. The molecule has 62 heavy (non-hydrogen) atoms. The zero-order valence-electron chi connectivity index (χ0n) is 37.8. The standard InChI is InChI=1S/C59H59BN2/c1-38-30-55-57-56(31-38)62(54-35-44-25-17-15-23-42(44)33-48(54)40-20-12-9-13-21-40)52-29-27-46(59(5,6)7)37-50(52)60(57)49-36-45(58(2,3)4)26-28-51(49)61(55)53-34-43-24-16-14-22-41(43)32-47(53)39-18-10-8-11-19-39/h8-13,18-21,26-37H,14-17,22-25H2,1-7H3.